The molecule has 0 bridgehead atoms. The van der Waals surface area contributed by atoms with Crippen LogP contribution in [0.1, 0.15) is 5.56 Å². The highest BCUT2D eigenvalue weighted by Crippen LogP contribution is 2.20. The second-order valence-corrected chi connectivity index (χ2v) is 6.02. The van der Waals surface area contributed by atoms with E-state index in [1.807, 2.05) is 60.7 Å². The van der Waals surface area contributed by atoms with E-state index in [0.717, 1.165) is 16.8 Å². The summed E-state index contributed by atoms with van der Waals surface area (Å²) in [5.74, 6) is 0. The Labute approximate surface area is 143 Å². The minimum atomic E-state index is -0.0610. The van der Waals surface area contributed by atoms with Gasteiger partial charge in [-0.1, -0.05) is 54.1 Å². The quantitative estimate of drug-likeness (QED) is 0.570. The Morgan fingerprint density at radius 2 is 1.71 bits per heavy atom. The van der Waals surface area contributed by atoms with Crippen molar-refractivity contribution in [3.05, 3.63) is 94.0 Å². The van der Waals surface area contributed by atoms with Crippen LogP contribution in [-0.2, 0) is 6.54 Å². The van der Waals surface area contributed by atoms with E-state index in [-0.39, 0.29) is 5.56 Å². The molecule has 0 aliphatic rings. The third kappa shape index (κ3) is 2.72. The molecule has 0 amide bonds. The smallest absolute Gasteiger partial charge is 0.276 e. The summed E-state index contributed by atoms with van der Waals surface area (Å²) in [5, 5.41) is 5.16. The number of aromatic nitrogens is 3. The minimum Gasteiger partial charge on any atom is -0.308 e. The van der Waals surface area contributed by atoms with Gasteiger partial charge < -0.3 is 4.57 Å². The van der Waals surface area contributed by atoms with Crippen LogP contribution in [0.2, 0.25) is 5.02 Å². The van der Waals surface area contributed by atoms with Gasteiger partial charge in [-0.25, -0.2) is 4.52 Å². The predicted molar refractivity (Wildman–Crippen MR) is 95.4 cm³/mol. The van der Waals surface area contributed by atoms with Gasteiger partial charge in [0, 0.05) is 23.0 Å². The standard InChI is InChI=1S/C19H14ClN3O/c20-16-8-6-15(7-9-16)17-12-18-19(24)22(10-11-23(18)21-17)13-14-4-2-1-3-5-14/h1-12H,13H2. The Hall–Kier alpha value is -2.85. The van der Waals surface area contributed by atoms with Crippen molar-refractivity contribution < 1.29 is 0 Å². The van der Waals surface area contributed by atoms with E-state index in [0.29, 0.717) is 17.1 Å². The van der Waals surface area contributed by atoms with Crippen LogP contribution in [0.5, 0.6) is 0 Å². The van der Waals surface area contributed by atoms with Gasteiger partial charge >= 0.3 is 0 Å². The van der Waals surface area contributed by atoms with Crippen LogP contribution in [0.3, 0.4) is 0 Å². The number of fused-ring (bicyclic) bond motifs is 1. The zero-order valence-corrected chi connectivity index (χ0v) is 13.5. The lowest BCUT2D eigenvalue weighted by Gasteiger charge is -2.05. The average Bonchev–Trinajstić information content (AvgIpc) is 3.04. The number of halogens is 1. The molecule has 4 nitrogen and oxygen atoms in total. The molecule has 0 radical (unpaired) electrons. The van der Waals surface area contributed by atoms with Gasteiger partial charge in [0.15, 0.2) is 0 Å². The maximum absolute atomic E-state index is 12.7. The topological polar surface area (TPSA) is 39.3 Å². The lowest BCUT2D eigenvalue weighted by molar-refractivity contribution is 0.743. The molecule has 0 N–H and O–H groups in total. The molecule has 24 heavy (non-hydrogen) atoms. The van der Waals surface area contributed by atoms with Crippen molar-refractivity contribution >= 4 is 17.1 Å². The maximum Gasteiger partial charge on any atom is 0.276 e. The van der Waals surface area contributed by atoms with Gasteiger partial charge in [-0.3, -0.25) is 4.79 Å². The molecule has 4 rings (SSSR count). The van der Waals surface area contributed by atoms with Crippen molar-refractivity contribution in [3.8, 4) is 11.3 Å². The zero-order chi connectivity index (χ0) is 16.5. The first-order chi connectivity index (χ1) is 11.7. The highest BCUT2D eigenvalue weighted by Gasteiger charge is 2.09. The van der Waals surface area contributed by atoms with E-state index in [1.165, 1.54) is 0 Å². The lowest BCUT2D eigenvalue weighted by atomic mass is 10.1. The molecule has 2 heterocycles. The maximum atomic E-state index is 12.7. The predicted octanol–water partition coefficient (Wildman–Crippen LogP) is 3.86. The van der Waals surface area contributed by atoms with Crippen molar-refractivity contribution in [1.29, 1.82) is 0 Å². The van der Waals surface area contributed by atoms with Crippen LogP contribution in [0.4, 0.5) is 0 Å². The molecule has 0 unspecified atom stereocenters. The highest BCUT2D eigenvalue weighted by atomic mass is 35.5. The van der Waals surface area contributed by atoms with Crippen molar-refractivity contribution in [2.24, 2.45) is 0 Å². The number of nitrogens with zero attached hydrogens (tertiary/aromatic N) is 3. The van der Waals surface area contributed by atoms with E-state index in [9.17, 15) is 4.79 Å². The first kappa shape index (κ1) is 14.7. The largest absolute Gasteiger partial charge is 0.308 e. The molecule has 5 heteroatoms. The van der Waals surface area contributed by atoms with Gasteiger partial charge in [0.1, 0.15) is 5.52 Å². The summed E-state index contributed by atoms with van der Waals surface area (Å²) in [6.45, 7) is 0.539. The van der Waals surface area contributed by atoms with E-state index in [4.69, 9.17) is 11.6 Å². The Kier molecular flexibility index (Phi) is 3.67. The summed E-state index contributed by atoms with van der Waals surface area (Å²) >= 11 is 5.92. The minimum absolute atomic E-state index is 0.0610. The molecule has 0 saturated heterocycles. The average molecular weight is 336 g/mol. The van der Waals surface area contributed by atoms with E-state index in [2.05, 4.69) is 5.10 Å². The molecule has 4 aromatic rings. The molecule has 2 aromatic carbocycles. The fourth-order valence-electron chi connectivity index (χ4n) is 2.69. The summed E-state index contributed by atoms with van der Waals surface area (Å²) < 4.78 is 3.31. The number of hydrogen-bond donors (Lipinski definition) is 0. The molecule has 0 saturated carbocycles. The summed E-state index contributed by atoms with van der Waals surface area (Å²) in [5.41, 5.74) is 3.26. The molecule has 0 atom stereocenters. The monoisotopic (exact) mass is 335 g/mol. The third-order valence-corrected chi connectivity index (χ3v) is 4.19. The number of benzene rings is 2. The summed E-state index contributed by atoms with van der Waals surface area (Å²) in [6.07, 6.45) is 3.57. The van der Waals surface area contributed by atoms with Gasteiger partial charge in [0.25, 0.3) is 5.56 Å². The van der Waals surface area contributed by atoms with E-state index in [1.54, 1.807) is 21.5 Å². The van der Waals surface area contributed by atoms with Crippen molar-refractivity contribution in [2.75, 3.05) is 0 Å². The molecule has 0 aliphatic carbocycles. The van der Waals surface area contributed by atoms with E-state index < -0.39 is 0 Å². The molecule has 2 aromatic heterocycles. The van der Waals surface area contributed by atoms with Crippen LogP contribution in [0, 0.1) is 0 Å². The fraction of sp³-hybridized carbons (Fsp3) is 0.0526. The van der Waals surface area contributed by atoms with Crippen LogP contribution in [0.25, 0.3) is 16.8 Å². The number of rotatable bonds is 3. The Balaban J connectivity index is 1.76. The lowest BCUT2D eigenvalue weighted by Crippen LogP contribution is -2.21. The summed E-state index contributed by atoms with van der Waals surface area (Å²) in [6, 6.07) is 19.1. The van der Waals surface area contributed by atoms with Crippen molar-refractivity contribution in [1.82, 2.24) is 14.2 Å². The van der Waals surface area contributed by atoms with Gasteiger partial charge in [0.2, 0.25) is 0 Å². The van der Waals surface area contributed by atoms with Crippen LogP contribution in [0.15, 0.2) is 77.9 Å². The molecule has 0 fully saturated rings. The highest BCUT2D eigenvalue weighted by molar-refractivity contribution is 6.30. The first-order valence-corrected chi connectivity index (χ1v) is 7.97. The number of hydrogen-bond acceptors (Lipinski definition) is 2. The van der Waals surface area contributed by atoms with Gasteiger partial charge in [-0.05, 0) is 23.8 Å². The second kappa shape index (κ2) is 5.98. The van der Waals surface area contributed by atoms with Crippen LogP contribution in [-0.4, -0.2) is 14.2 Å². The van der Waals surface area contributed by atoms with Gasteiger partial charge in [0.05, 0.1) is 12.2 Å². The van der Waals surface area contributed by atoms with Crippen LogP contribution >= 0.6 is 11.6 Å². The first-order valence-electron chi connectivity index (χ1n) is 7.59. The van der Waals surface area contributed by atoms with Gasteiger partial charge in [-0.15, -0.1) is 0 Å². The normalized spacial score (nSPS) is 11.0. The summed E-state index contributed by atoms with van der Waals surface area (Å²) in [7, 11) is 0. The second-order valence-electron chi connectivity index (χ2n) is 5.58. The Morgan fingerprint density at radius 1 is 0.958 bits per heavy atom. The van der Waals surface area contributed by atoms with Crippen molar-refractivity contribution in [2.45, 2.75) is 6.54 Å². The molecular weight excluding hydrogens is 322 g/mol. The third-order valence-electron chi connectivity index (χ3n) is 3.94. The van der Waals surface area contributed by atoms with Crippen molar-refractivity contribution in [3.63, 3.8) is 0 Å². The SMILES string of the molecule is O=c1c2cc(-c3ccc(Cl)cc3)nn2ccn1Cc1ccccc1. The van der Waals surface area contributed by atoms with Gasteiger partial charge in [-0.2, -0.15) is 5.10 Å². The van der Waals surface area contributed by atoms with E-state index >= 15 is 0 Å². The molecule has 118 valence electrons. The zero-order valence-electron chi connectivity index (χ0n) is 12.8. The molecule has 0 spiro atoms. The Morgan fingerprint density at radius 3 is 2.46 bits per heavy atom. The van der Waals surface area contributed by atoms with Crippen LogP contribution < -0.4 is 5.56 Å². The molecule has 0 aliphatic heterocycles. The molecular formula is C19H14ClN3O. The summed E-state index contributed by atoms with van der Waals surface area (Å²) in [4.78, 5) is 12.7. The fourth-order valence-corrected chi connectivity index (χ4v) is 2.82. The Bertz CT molecular complexity index is 1050.